The fourth-order valence-electron chi connectivity index (χ4n) is 4.22. The van der Waals surface area contributed by atoms with Crippen LogP contribution < -0.4 is 5.32 Å². The summed E-state index contributed by atoms with van der Waals surface area (Å²) in [5.41, 5.74) is 1.27. The number of hydrazine groups is 1. The van der Waals surface area contributed by atoms with Crippen molar-refractivity contribution in [3.05, 3.63) is 71.8 Å². The maximum absolute atomic E-state index is 14.0. The predicted octanol–water partition coefficient (Wildman–Crippen LogP) is 4.57. The van der Waals surface area contributed by atoms with Gasteiger partial charge in [-0.2, -0.15) is 0 Å². The van der Waals surface area contributed by atoms with Crippen molar-refractivity contribution >= 4 is 12.0 Å². The van der Waals surface area contributed by atoms with Gasteiger partial charge >= 0.3 is 6.09 Å². The molecule has 1 saturated heterocycles. The van der Waals surface area contributed by atoms with Crippen LogP contribution in [0, 0.1) is 0 Å². The van der Waals surface area contributed by atoms with Crippen molar-refractivity contribution in [2.24, 2.45) is 0 Å². The first-order valence-corrected chi connectivity index (χ1v) is 11.5. The number of carbonyl (C=O) groups excluding carboxylic acids is 2. The van der Waals surface area contributed by atoms with Crippen molar-refractivity contribution in [2.75, 3.05) is 19.6 Å². The Balaban J connectivity index is 2.03. The van der Waals surface area contributed by atoms with E-state index in [-0.39, 0.29) is 11.8 Å². The molecule has 0 bridgehead atoms. The van der Waals surface area contributed by atoms with Crippen LogP contribution in [-0.4, -0.2) is 53.3 Å². The second-order valence-corrected chi connectivity index (χ2v) is 9.14. The van der Waals surface area contributed by atoms with Gasteiger partial charge in [0.05, 0.1) is 0 Å². The molecular weight excluding hydrogens is 402 g/mol. The minimum Gasteiger partial charge on any atom is -0.444 e. The molecule has 0 aromatic heterocycles. The Bertz CT molecular complexity index is 835. The van der Waals surface area contributed by atoms with Gasteiger partial charge in [-0.3, -0.25) is 9.80 Å². The summed E-state index contributed by atoms with van der Waals surface area (Å²) in [5, 5.41) is 6.81. The molecule has 172 valence electrons. The normalized spacial score (nSPS) is 15.4. The Labute approximate surface area is 191 Å². The van der Waals surface area contributed by atoms with Crippen molar-refractivity contribution in [1.29, 1.82) is 0 Å². The molecule has 1 N–H and O–H groups in total. The van der Waals surface area contributed by atoms with Crippen LogP contribution in [-0.2, 0) is 9.53 Å². The molecule has 1 aliphatic heterocycles. The van der Waals surface area contributed by atoms with Crippen LogP contribution in [0.3, 0.4) is 0 Å². The molecule has 1 heterocycles. The van der Waals surface area contributed by atoms with Gasteiger partial charge in [0.2, 0.25) is 0 Å². The number of carbonyl (C=O) groups is 2. The maximum atomic E-state index is 14.0. The van der Waals surface area contributed by atoms with Crippen molar-refractivity contribution in [2.45, 2.75) is 58.1 Å². The maximum Gasteiger partial charge on any atom is 0.408 e. The topological polar surface area (TPSA) is 61.9 Å². The lowest BCUT2D eigenvalue weighted by Crippen LogP contribution is -2.56. The summed E-state index contributed by atoms with van der Waals surface area (Å²) in [4.78, 5) is 26.8. The number of ether oxygens (including phenoxy) is 1. The first-order valence-electron chi connectivity index (χ1n) is 11.5. The molecule has 6 nitrogen and oxygen atoms in total. The van der Waals surface area contributed by atoms with Gasteiger partial charge in [-0.15, -0.1) is 0 Å². The number of alkyl carbamates (subject to hydrolysis) is 1. The Morgan fingerprint density at radius 2 is 1.47 bits per heavy atom. The van der Waals surface area contributed by atoms with Gasteiger partial charge in [0, 0.05) is 25.6 Å². The molecule has 2 aromatic carbocycles. The number of likely N-dealkylation sites (N-methyl/N-ethyl adjacent to an activating group) is 1. The van der Waals surface area contributed by atoms with E-state index in [1.165, 1.54) is 0 Å². The van der Waals surface area contributed by atoms with Gasteiger partial charge in [-0.25, -0.2) is 9.80 Å². The zero-order chi connectivity index (χ0) is 23.1. The Hall–Kier alpha value is -2.86. The molecule has 0 spiro atoms. The number of nitrogens with one attached hydrogen (secondary N) is 1. The number of hydrogen-bond acceptors (Lipinski definition) is 4. The number of benzene rings is 2. The molecule has 32 heavy (non-hydrogen) atoms. The van der Waals surface area contributed by atoms with E-state index < -0.39 is 17.7 Å². The highest BCUT2D eigenvalue weighted by atomic mass is 16.6. The average molecular weight is 438 g/mol. The molecule has 0 saturated carbocycles. The molecule has 2 aromatic rings. The van der Waals surface area contributed by atoms with Crippen molar-refractivity contribution in [1.82, 2.24) is 15.3 Å². The minimum atomic E-state index is -0.810. The summed E-state index contributed by atoms with van der Waals surface area (Å²) >= 11 is 0. The molecule has 1 unspecified atom stereocenters. The summed E-state index contributed by atoms with van der Waals surface area (Å²) in [6.07, 6.45) is 1.54. The lowest BCUT2D eigenvalue weighted by atomic mass is 9.84. The molecular formula is C26H35N3O3. The van der Waals surface area contributed by atoms with Crippen LogP contribution in [0.2, 0.25) is 0 Å². The van der Waals surface area contributed by atoms with Gasteiger partial charge in [0.1, 0.15) is 11.6 Å². The van der Waals surface area contributed by atoms with Crippen molar-refractivity contribution in [3.63, 3.8) is 0 Å². The van der Waals surface area contributed by atoms with E-state index in [9.17, 15) is 9.59 Å². The summed E-state index contributed by atoms with van der Waals surface area (Å²) < 4.78 is 5.54. The van der Waals surface area contributed by atoms with Crippen LogP contribution in [0.5, 0.6) is 0 Å². The van der Waals surface area contributed by atoms with Crippen LogP contribution >= 0.6 is 0 Å². The molecule has 2 amide bonds. The smallest absolute Gasteiger partial charge is 0.408 e. The van der Waals surface area contributed by atoms with E-state index >= 15 is 0 Å². The van der Waals surface area contributed by atoms with E-state index in [0.29, 0.717) is 6.54 Å². The SMILES string of the molecule is CCN(C(=O)C(NC(=O)OC(C)(C)C)C(c1ccccc1)c1ccccc1)N1CCCC1. The van der Waals surface area contributed by atoms with Gasteiger partial charge in [-0.05, 0) is 51.7 Å². The van der Waals surface area contributed by atoms with Crippen LogP contribution in [0.4, 0.5) is 4.79 Å². The van der Waals surface area contributed by atoms with Gasteiger partial charge < -0.3 is 10.1 Å². The standard InChI is InChI=1S/C26H35N3O3/c1-5-29(28-18-12-13-19-28)24(30)23(27-25(31)32-26(2,3)4)22(20-14-8-6-9-15-20)21-16-10-7-11-17-21/h6-11,14-17,22-23H,5,12-13,18-19H2,1-4H3,(H,27,31). The van der Waals surface area contributed by atoms with Gasteiger partial charge in [0.25, 0.3) is 5.91 Å². The Morgan fingerprint density at radius 1 is 0.969 bits per heavy atom. The minimum absolute atomic E-state index is 0.127. The number of amides is 2. The zero-order valence-corrected chi connectivity index (χ0v) is 19.6. The van der Waals surface area contributed by atoms with E-state index in [4.69, 9.17) is 4.74 Å². The first kappa shape index (κ1) is 23.8. The van der Waals surface area contributed by atoms with Crippen molar-refractivity contribution < 1.29 is 14.3 Å². The second-order valence-electron chi connectivity index (χ2n) is 9.14. The highest BCUT2D eigenvalue weighted by molar-refractivity contribution is 5.87. The number of rotatable bonds is 7. The van der Waals surface area contributed by atoms with E-state index in [0.717, 1.165) is 37.1 Å². The lowest BCUT2D eigenvalue weighted by Gasteiger charge is -2.37. The van der Waals surface area contributed by atoms with E-state index in [2.05, 4.69) is 10.3 Å². The van der Waals surface area contributed by atoms with E-state index in [1.54, 1.807) is 5.01 Å². The van der Waals surface area contributed by atoms with E-state index in [1.807, 2.05) is 88.4 Å². The first-order chi connectivity index (χ1) is 15.3. The molecule has 3 rings (SSSR count). The number of nitrogens with zero attached hydrogens (tertiary/aromatic N) is 2. The average Bonchev–Trinajstić information content (AvgIpc) is 3.28. The van der Waals surface area contributed by atoms with Gasteiger partial charge in [-0.1, -0.05) is 60.7 Å². The molecule has 0 aliphatic carbocycles. The third kappa shape index (κ3) is 6.10. The molecule has 1 atom stereocenters. The monoisotopic (exact) mass is 437 g/mol. The van der Waals surface area contributed by atoms with Crippen LogP contribution in [0.1, 0.15) is 57.6 Å². The zero-order valence-electron chi connectivity index (χ0n) is 19.6. The fourth-order valence-corrected chi connectivity index (χ4v) is 4.22. The van der Waals surface area contributed by atoms with Crippen molar-refractivity contribution in [3.8, 4) is 0 Å². The predicted molar refractivity (Wildman–Crippen MR) is 126 cm³/mol. The highest BCUT2D eigenvalue weighted by Gasteiger charge is 2.38. The lowest BCUT2D eigenvalue weighted by molar-refractivity contribution is -0.149. The third-order valence-electron chi connectivity index (χ3n) is 5.57. The molecule has 6 heteroatoms. The molecule has 1 fully saturated rings. The van der Waals surface area contributed by atoms with Crippen LogP contribution in [0.15, 0.2) is 60.7 Å². The molecule has 1 aliphatic rings. The highest BCUT2D eigenvalue weighted by Crippen LogP contribution is 2.30. The number of hydrogen-bond donors (Lipinski definition) is 1. The summed E-state index contributed by atoms with van der Waals surface area (Å²) in [6, 6.07) is 18.9. The fraction of sp³-hybridized carbons (Fsp3) is 0.462. The summed E-state index contributed by atoms with van der Waals surface area (Å²) in [6.45, 7) is 9.66. The molecule has 0 radical (unpaired) electrons. The second kappa shape index (κ2) is 10.6. The van der Waals surface area contributed by atoms with Crippen LogP contribution in [0.25, 0.3) is 0 Å². The largest absolute Gasteiger partial charge is 0.444 e. The summed E-state index contributed by atoms with van der Waals surface area (Å²) in [5.74, 6) is -0.480. The summed E-state index contributed by atoms with van der Waals surface area (Å²) in [7, 11) is 0. The Kier molecular flexibility index (Phi) is 7.91. The quantitative estimate of drug-likeness (QED) is 0.689. The Morgan fingerprint density at radius 3 is 1.91 bits per heavy atom. The third-order valence-corrected chi connectivity index (χ3v) is 5.57. The van der Waals surface area contributed by atoms with Gasteiger partial charge in [0.15, 0.2) is 0 Å².